The van der Waals surface area contributed by atoms with Crippen LogP contribution in [0.4, 0.5) is 5.69 Å². The molecule has 0 bridgehead atoms. The maximum atomic E-state index is 12.4. The molecular weight excluding hydrogens is 362 g/mol. The lowest BCUT2D eigenvalue weighted by molar-refractivity contribution is -0.125. The molecule has 1 fully saturated rings. The van der Waals surface area contributed by atoms with E-state index in [0.717, 1.165) is 6.42 Å². The quantitative estimate of drug-likeness (QED) is 0.602. The summed E-state index contributed by atoms with van der Waals surface area (Å²) in [5, 5.41) is 0. The average Bonchev–Trinajstić information content (AvgIpc) is 3.16. The van der Waals surface area contributed by atoms with E-state index in [1.807, 2.05) is 0 Å². The summed E-state index contributed by atoms with van der Waals surface area (Å²) >= 11 is 0. The lowest BCUT2D eigenvalue weighted by Gasteiger charge is -2.18. The highest BCUT2D eigenvalue weighted by Gasteiger charge is 2.26. The van der Waals surface area contributed by atoms with Crippen molar-refractivity contribution in [2.45, 2.75) is 12.8 Å². The summed E-state index contributed by atoms with van der Waals surface area (Å²) in [5.41, 5.74) is 5.48. The Morgan fingerprint density at radius 3 is 2.39 bits per heavy atom. The van der Waals surface area contributed by atoms with E-state index in [2.05, 4.69) is 10.9 Å². The molecule has 1 aliphatic heterocycles. The molecule has 2 aromatic carbocycles. The zero-order chi connectivity index (χ0) is 19.9. The smallest absolute Gasteiger partial charge is 0.340 e. The number of amides is 3. The maximum Gasteiger partial charge on any atom is 0.340 e. The van der Waals surface area contributed by atoms with Crippen molar-refractivity contribution in [3.05, 3.63) is 65.7 Å². The Balaban J connectivity index is 1.54. The number of carbonyl (C=O) groups excluding carboxylic acids is 4. The van der Waals surface area contributed by atoms with Gasteiger partial charge >= 0.3 is 5.97 Å². The summed E-state index contributed by atoms with van der Waals surface area (Å²) in [7, 11) is 0. The summed E-state index contributed by atoms with van der Waals surface area (Å²) in [6.45, 7) is -0.0364. The normalized spacial score (nSPS) is 13.1. The second-order valence-corrected chi connectivity index (χ2v) is 6.11. The first-order chi connectivity index (χ1) is 13.6. The van der Waals surface area contributed by atoms with E-state index in [-0.39, 0.29) is 11.5 Å². The number of para-hydroxylation sites is 1. The van der Waals surface area contributed by atoms with Gasteiger partial charge < -0.3 is 9.64 Å². The number of hydrogen-bond donors (Lipinski definition) is 2. The molecule has 8 heteroatoms. The van der Waals surface area contributed by atoms with Gasteiger partial charge in [-0.1, -0.05) is 30.3 Å². The van der Waals surface area contributed by atoms with Crippen LogP contribution in [-0.4, -0.2) is 36.8 Å². The van der Waals surface area contributed by atoms with Crippen LogP contribution in [0.2, 0.25) is 0 Å². The second kappa shape index (κ2) is 8.81. The first-order valence-corrected chi connectivity index (χ1v) is 8.77. The number of benzene rings is 2. The van der Waals surface area contributed by atoms with Crippen LogP contribution >= 0.6 is 0 Å². The van der Waals surface area contributed by atoms with Gasteiger partial charge in [0.05, 0.1) is 11.3 Å². The fourth-order valence-electron chi connectivity index (χ4n) is 2.82. The third kappa shape index (κ3) is 4.53. The van der Waals surface area contributed by atoms with Crippen molar-refractivity contribution in [1.29, 1.82) is 0 Å². The number of hydrazine groups is 1. The van der Waals surface area contributed by atoms with E-state index < -0.39 is 24.4 Å². The molecule has 0 aliphatic carbocycles. The summed E-state index contributed by atoms with van der Waals surface area (Å²) < 4.78 is 5.02. The van der Waals surface area contributed by atoms with E-state index in [1.165, 1.54) is 4.90 Å². The van der Waals surface area contributed by atoms with Gasteiger partial charge in [0.2, 0.25) is 5.91 Å². The van der Waals surface area contributed by atoms with Gasteiger partial charge in [0.1, 0.15) is 0 Å². The Labute approximate surface area is 161 Å². The number of nitrogens with one attached hydrogen (secondary N) is 2. The van der Waals surface area contributed by atoms with Gasteiger partial charge in [-0.3, -0.25) is 25.2 Å². The Bertz CT molecular complexity index is 898. The summed E-state index contributed by atoms with van der Waals surface area (Å²) in [6.07, 6.45) is 1.17. The summed E-state index contributed by atoms with van der Waals surface area (Å²) in [6, 6.07) is 14.9. The minimum absolute atomic E-state index is 0.0541. The number of ether oxygens (including phenoxy) is 1. The van der Waals surface area contributed by atoms with Crippen LogP contribution in [0.25, 0.3) is 0 Å². The van der Waals surface area contributed by atoms with Crippen LogP contribution in [0.3, 0.4) is 0 Å². The number of esters is 1. The Morgan fingerprint density at radius 2 is 1.68 bits per heavy atom. The lowest BCUT2D eigenvalue weighted by atomic mass is 10.1. The van der Waals surface area contributed by atoms with Crippen molar-refractivity contribution < 1.29 is 23.9 Å². The molecule has 2 aromatic rings. The molecule has 0 saturated carbocycles. The molecular formula is C20H19N3O5. The number of nitrogens with zero attached hydrogens (tertiary/aromatic N) is 1. The zero-order valence-corrected chi connectivity index (χ0v) is 15.0. The Morgan fingerprint density at radius 1 is 0.964 bits per heavy atom. The Kier molecular flexibility index (Phi) is 6.01. The van der Waals surface area contributed by atoms with Gasteiger partial charge in [-0.25, -0.2) is 4.79 Å². The van der Waals surface area contributed by atoms with E-state index in [9.17, 15) is 19.2 Å². The number of carbonyl (C=O) groups is 4. The van der Waals surface area contributed by atoms with E-state index in [0.29, 0.717) is 24.2 Å². The summed E-state index contributed by atoms with van der Waals surface area (Å²) in [4.78, 5) is 49.6. The van der Waals surface area contributed by atoms with Crippen LogP contribution < -0.4 is 15.8 Å². The zero-order valence-electron chi connectivity index (χ0n) is 15.0. The van der Waals surface area contributed by atoms with Crippen molar-refractivity contribution in [1.82, 2.24) is 10.9 Å². The summed E-state index contributed by atoms with van der Waals surface area (Å²) in [5.74, 6) is -1.95. The van der Waals surface area contributed by atoms with Gasteiger partial charge in [-0.05, 0) is 30.7 Å². The lowest BCUT2D eigenvalue weighted by Crippen LogP contribution is -2.43. The van der Waals surface area contributed by atoms with Gasteiger partial charge in [0.15, 0.2) is 6.61 Å². The fourth-order valence-corrected chi connectivity index (χ4v) is 2.82. The molecule has 3 amide bonds. The van der Waals surface area contributed by atoms with Crippen molar-refractivity contribution in [2.75, 3.05) is 18.1 Å². The van der Waals surface area contributed by atoms with Gasteiger partial charge in [0.25, 0.3) is 11.8 Å². The largest absolute Gasteiger partial charge is 0.452 e. The van der Waals surface area contributed by atoms with Crippen LogP contribution in [-0.2, 0) is 14.3 Å². The fraction of sp³-hybridized carbons (Fsp3) is 0.200. The van der Waals surface area contributed by atoms with Gasteiger partial charge in [-0.2, -0.15) is 0 Å². The Hall–Kier alpha value is -3.68. The maximum absolute atomic E-state index is 12.4. The molecule has 3 rings (SSSR count). The second-order valence-electron chi connectivity index (χ2n) is 6.11. The topological polar surface area (TPSA) is 105 Å². The third-order valence-corrected chi connectivity index (χ3v) is 4.17. The number of hydrogen-bond acceptors (Lipinski definition) is 5. The molecule has 8 nitrogen and oxygen atoms in total. The standard InChI is InChI=1S/C20H19N3O5/c24-17(21-22-19(26)14-7-2-1-3-8-14)13-28-20(27)15-9-4-5-10-16(15)23-12-6-11-18(23)25/h1-5,7-10H,6,11-13H2,(H,21,24)(H,22,26). The van der Waals surface area contributed by atoms with Gasteiger partial charge in [-0.15, -0.1) is 0 Å². The molecule has 0 aromatic heterocycles. The first-order valence-electron chi connectivity index (χ1n) is 8.77. The molecule has 28 heavy (non-hydrogen) atoms. The molecule has 0 atom stereocenters. The molecule has 1 saturated heterocycles. The monoisotopic (exact) mass is 381 g/mol. The minimum atomic E-state index is -0.722. The molecule has 1 aliphatic rings. The first kappa shape index (κ1) is 19.1. The third-order valence-electron chi connectivity index (χ3n) is 4.17. The van der Waals surface area contributed by atoms with E-state index in [1.54, 1.807) is 54.6 Å². The van der Waals surface area contributed by atoms with Crippen LogP contribution in [0.15, 0.2) is 54.6 Å². The molecule has 0 radical (unpaired) electrons. The van der Waals surface area contributed by atoms with Crippen LogP contribution in [0.1, 0.15) is 33.6 Å². The molecule has 1 heterocycles. The van der Waals surface area contributed by atoms with Crippen LogP contribution in [0, 0.1) is 0 Å². The minimum Gasteiger partial charge on any atom is -0.452 e. The van der Waals surface area contributed by atoms with E-state index >= 15 is 0 Å². The molecule has 0 spiro atoms. The van der Waals surface area contributed by atoms with E-state index in [4.69, 9.17) is 4.74 Å². The van der Waals surface area contributed by atoms with Crippen LogP contribution in [0.5, 0.6) is 0 Å². The molecule has 2 N–H and O–H groups in total. The highest BCUT2D eigenvalue weighted by atomic mass is 16.5. The highest BCUT2D eigenvalue weighted by Crippen LogP contribution is 2.25. The predicted octanol–water partition coefficient (Wildman–Crippen LogP) is 1.43. The average molecular weight is 381 g/mol. The van der Waals surface area contributed by atoms with Crippen molar-refractivity contribution in [3.8, 4) is 0 Å². The number of anilines is 1. The number of rotatable bonds is 5. The van der Waals surface area contributed by atoms with Crippen molar-refractivity contribution >= 4 is 29.4 Å². The predicted molar refractivity (Wildman–Crippen MR) is 100 cm³/mol. The highest BCUT2D eigenvalue weighted by molar-refractivity contribution is 6.04. The molecule has 144 valence electrons. The van der Waals surface area contributed by atoms with Crippen molar-refractivity contribution in [3.63, 3.8) is 0 Å². The SMILES string of the molecule is O=C(COC(=O)c1ccccc1N1CCCC1=O)NNC(=O)c1ccccc1. The van der Waals surface area contributed by atoms with Gasteiger partial charge in [0, 0.05) is 18.5 Å². The molecule has 0 unspecified atom stereocenters. The van der Waals surface area contributed by atoms with Crippen molar-refractivity contribution in [2.24, 2.45) is 0 Å².